The van der Waals surface area contributed by atoms with Crippen molar-refractivity contribution in [3.63, 3.8) is 0 Å². The molecule has 4 rings (SSSR count). The number of benzene rings is 2. The van der Waals surface area contributed by atoms with Crippen molar-refractivity contribution < 1.29 is 14.6 Å². The van der Waals surface area contributed by atoms with Gasteiger partial charge in [-0.15, -0.1) is 0 Å². The fourth-order valence-electron chi connectivity index (χ4n) is 3.10. The first-order valence-corrected chi connectivity index (χ1v) is 7.89. The van der Waals surface area contributed by atoms with Crippen molar-refractivity contribution in [1.82, 2.24) is 0 Å². The van der Waals surface area contributed by atoms with E-state index in [0.29, 0.717) is 6.61 Å². The molecule has 1 N–H and O–H groups in total. The molecule has 0 bridgehead atoms. The molecule has 2 aromatic carbocycles. The summed E-state index contributed by atoms with van der Waals surface area (Å²) < 4.78 is 12.6. The third-order valence-corrected chi connectivity index (χ3v) is 4.58. The molecule has 0 saturated carbocycles. The number of rotatable bonds is 2. The predicted octanol–water partition coefficient (Wildman–Crippen LogP) is 3.42. The first-order valence-electron chi connectivity index (χ1n) is 7.10. The van der Waals surface area contributed by atoms with Gasteiger partial charge >= 0.3 is 0 Å². The summed E-state index contributed by atoms with van der Waals surface area (Å²) in [7, 11) is 0. The Morgan fingerprint density at radius 2 is 2.05 bits per heavy atom. The SMILES string of the molecule is OC(c1cc(Br)cc2c1OCC2)C1Cc2ccccc2O1. The standard InChI is InChI=1S/C17H15BrO3/c18-12-7-11-5-6-20-17(11)13(9-12)16(19)15-8-10-3-1-2-4-14(10)21-15/h1-4,7,9,15-16,19H,5-6,8H2. The maximum absolute atomic E-state index is 10.8. The van der Waals surface area contributed by atoms with Gasteiger partial charge in [0.1, 0.15) is 23.7 Å². The zero-order valence-corrected chi connectivity index (χ0v) is 13.0. The van der Waals surface area contributed by atoms with Gasteiger partial charge in [-0.3, -0.25) is 0 Å². The van der Waals surface area contributed by atoms with Gasteiger partial charge in [-0.25, -0.2) is 0 Å². The molecule has 21 heavy (non-hydrogen) atoms. The Kier molecular flexibility index (Phi) is 3.16. The second-order valence-corrected chi connectivity index (χ2v) is 6.41. The lowest BCUT2D eigenvalue weighted by molar-refractivity contribution is 0.0474. The quantitative estimate of drug-likeness (QED) is 0.905. The highest BCUT2D eigenvalue weighted by Crippen LogP contribution is 2.41. The van der Waals surface area contributed by atoms with Crippen molar-refractivity contribution in [3.05, 3.63) is 57.6 Å². The number of aliphatic hydroxyl groups is 1. The Balaban J connectivity index is 1.67. The van der Waals surface area contributed by atoms with E-state index < -0.39 is 6.10 Å². The average molecular weight is 347 g/mol. The Morgan fingerprint density at radius 1 is 1.19 bits per heavy atom. The Labute approximate surface area is 131 Å². The Hall–Kier alpha value is -1.52. The first-order chi connectivity index (χ1) is 10.2. The van der Waals surface area contributed by atoms with Gasteiger partial charge in [0.25, 0.3) is 0 Å². The summed E-state index contributed by atoms with van der Waals surface area (Å²) in [6.45, 7) is 0.678. The highest BCUT2D eigenvalue weighted by atomic mass is 79.9. The number of halogens is 1. The van der Waals surface area contributed by atoms with Gasteiger partial charge < -0.3 is 14.6 Å². The highest BCUT2D eigenvalue weighted by molar-refractivity contribution is 9.10. The summed E-state index contributed by atoms with van der Waals surface area (Å²) in [5, 5.41) is 10.8. The topological polar surface area (TPSA) is 38.7 Å². The number of ether oxygens (including phenoxy) is 2. The second-order valence-electron chi connectivity index (χ2n) is 5.49. The number of hydrogen-bond donors (Lipinski definition) is 1. The number of hydrogen-bond acceptors (Lipinski definition) is 3. The van der Waals surface area contributed by atoms with Crippen molar-refractivity contribution in [1.29, 1.82) is 0 Å². The summed E-state index contributed by atoms with van der Waals surface area (Å²) in [6, 6.07) is 11.9. The molecular formula is C17H15BrO3. The Bertz CT molecular complexity index is 673. The zero-order valence-electron chi connectivity index (χ0n) is 11.4. The van der Waals surface area contributed by atoms with Crippen LogP contribution in [0.4, 0.5) is 0 Å². The van der Waals surface area contributed by atoms with E-state index in [9.17, 15) is 5.11 Å². The number of fused-ring (bicyclic) bond motifs is 2. The molecule has 0 aromatic heterocycles. The fraction of sp³-hybridized carbons (Fsp3) is 0.294. The minimum absolute atomic E-state index is 0.259. The third-order valence-electron chi connectivity index (χ3n) is 4.12. The van der Waals surface area contributed by atoms with Crippen molar-refractivity contribution in [3.8, 4) is 11.5 Å². The minimum atomic E-state index is -0.693. The molecule has 2 atom stereocenters. The van der Waals surface area contributed by atoms with Crippen LogP contribution >= 0.6 is 15.9 Å². The maximum atomic E-state index is 10.8. The van der Waals surface area contributed by atoms with Crippen LogP contribution in [0.25, 0.3) is 0 Å². The fourth-order valence-corrected chi connectivity index (χ4v) is 3.63. The number of aliphatic hydroxyl groups excluding tert-OH is 1. The van der Waals surface area contributed by atoms with Crippen LogP contribution in [0.5, 0.6) is 11.5 Å². The molecule has 0 saturated heterocycles. The van der Waals surface area contributed by atoms with Crippen LogP contribution in [0, 0.1) is 0 Å². The largest absolute Gasteiger partial charge is 0.493 e. The summed E-state index contributed by atoms with van der Waals surface area (Å²) >= 11 is 3.51. The number of para-hydroxylation sites is 1. The summed E-state index contributed by atoms with van der Waals surface area (Å²) in [6.07, 6.45) is 0.658. The lowest BCUT2D eigenvalue weighted by atomic mass is 9.97. The monoisotopic (exact) mass is 346 g/mol. The molecule has 2 aliphatic rings. The predicted molar refractivity (Wildman–Crippen MR) is 82.9 cm³/mol. The molecule has 4 heteroatoms. The van der Waals surface area contributed by atoms with Crippen molar-refractivity contribution in [2.75, 3.05) is 6.61 Å². The molecule has 2 aliphatic heterocycles. The molecule has 0 radical (unpaired) electrons. The van der Waals surface area contributed by atoms with Crippen LogP contribution in [0.15, 0.2) is 40.9 Å². The summed E-state index contributed by atoms with van der Waals surface area (Å²) in [5.41, 5.74) is 3.11. The van der Waals surface area contributed by atoms with Gasteiger partial charge in [0.15, 0.2) is 0 Å². The van der Waals surface area contributed by atoms with Crippen LogP contribution < -0.4 is 9.47 Å². The molecule has 2 aromatic rings. The minimum Gasteiger partial charge on any atom is -0.493 e. The van der Waals surface area contributed by atoms with E-state index in [-0.39, 0.29) is 6.10 Å². The van der Waals surface area contributed by atoms with Crippen molar-refractivity contribution >= 4 is 15.9 Å². The molecule has 0 spiro atoms. The lowest BCUT2D eigenvalue weighted by Crippen LogP contribution is -2.23. The van der Waals surface area contributed by atoms with E-state index in [2.05, 4.69) is 22.0 Å². The molecule has 0 amide bonds. The molecular weight excluding hydrogens is 332 g/mol. The normalized spacial score (nSPS) is 20.4. The van der Waals surface area contributed by atoms with Gasteiger partial charge in [-0.2, -0.15) is 0 Å². The average Bonchev–Trinajstić information content (AvgIpc) is 3.11. The maximum Gasteiger partial charge on any atom is 0.133 e. The van der Waals surface area contributed by atoms with Crippen molar-refractivity contribution in [2.45, 2.75) is 25.0 Å². The molecule has 0 fully saturated rings. The summed E-state index contributed by atoms with van der Waals surface area (Å²) in [5.74, 6) is 1.69. The smallest absolute Gasteiger partial charge is 0.133 e. The van der Waals surface area contributed by atoms with Gasteiger partial charge in [0.05, 0.1) is 6.61 Å². The highest BCUT2D eigenvalue weighted by Gasteiger charge is 2.33. The van der Waals surface area contributed by atoms with E-state index in [4.69, 9.17) is 9.47 Å². The molecule has 2 heterocycles. The van der Waals surface area contributed by atoms with Gasteiger partial charge in [-0.1, -0.05) is 34.1 Å². The van der Waals surface area contributed by atoms with E-state index in [1.807, 2.05) is 30.3 Å². The van der Waals surface area contributed by atoms with Gasteiger partial charge in [0, 0.05) is 22.9 Å². The van der Waals surface area contributed by atoms with Crippen LogP contribution in [0.2, 0.25) is 0 Å². The Morgan fingerprint density at radius 3 is 2.90 bits per heavy atom. The summed E-state index contributed by atoms with van der Waals surface area (Å²) in [4.78, 5) is 0. The van der Waals surface area contributed by atoms with E-state index >= 15 is 0 Å². The second kappa shape index (κ2) is 5.04. The van der Waals surface area contributed by atoms with Gasteiger partial charge in [-0.05, 0) is 29.3 Å². The zero-order chi connectivity index (χ0) is 14.4. The molecule has 3 nitrogen and oxygen atoms in total. The van der Waals surface area contributed by atoms with Crippen LogP contribution in [0.1, 0.15) is 22.8 Å². The van der Waals surface area contributed by atoms with Crippen LogP contribution in [-0.2, 0) is 12.8 Å². The van der Waals surface area contributed by atoms with Crippen molar-refractivity contribution in [2.24, 2.45) is 0 Å². The van der Waals surface area contributed by atoms with Crippen LogP contribution in [0.3, 0.4) is 0 Å². The molecule has 2 unspecified atom stereocenters. The van der Waals surface area contributed by atoms with E-state index in [0.717, 1.165) is 45.5 Å². The third kappa shape index (κ3) is 2.23. The molecule has 108 valence electrons. The lowest BCUT2D eigenvalue weighted by Gasteiger charge is -2.20. The van der Waals surface area contributed by atoms with Crippen LogP contribution in [-0.4, -0.2) is 17.8 Å². The first kappa shape index (κ1) is 13.2. The molecule has 0 aliphatic carbocycles. The van der Waals surface area contributed by atoms with E-state index in [1.54, 1.807) is 0 Å². The van der Waals surface area contributed by atoms with Gasteiger partial charge in [0.2, 0.25) is 0 Å². The van der Waals surface area contributed by atoms with E-state index in [1.165, 1.54) is 0 Å².